The summed E-state index contributed by atoms with van der Waals surface area (Å²) in [6.07, 6.45) is 9.88. The van der Waals surface area contributed by atoms with Crippen molar-refractivity contribution in [3.63, 3.8) is 0 Å². The molecule has 0 radical (unpaired) electrons. The van der Waals surface area contributed by atoms with Gasteiger partial charge in [0.25, 0.3) is 0 Å². The molecule has 0 saturated heterocycles. The van der Waals surface area contributed by atoms with Crippen LogP contribution in [0.5, 0.6) is 0 Å². The molecule has 1 aromatic heterocycles. The van der Waals surface area contributed by atoms with Gasteiger partial charge in [-0.05, 0) is 12.8 Å². The van der Waals surface area contributed by atoms with E-state index in [0.29, 0.717) is 6.54 Å². The van der Waals surface area contributed by atoms with Gasteiger partial charge in [-0.25, -0.2) is 13.1 Å². The molecule has 1 aliphatic carbocycles. The van der Waals surface area contributed by atoms with Crippen molar-refractivity contribution in [3.8, 4) is 0 Å². The molecule has 7 heteroatoms. The average molecular weight is 286 g/mol. The summed E-state index contributed by atoms with van der Waals surface area (Å²) in [6.45, 7) is 0.337. The standard InChI is InChI=1S/C12H22N4O2S/c13-10-12(6-4-2-1-3-5-7-12)16-19(17,18)11-8-14-15-9-11/h8-9,16H,1-7,10,13H2,(H,14,15). The second-order valence-corrected chi connectivity index (χ2v) is 6.97. The minimum Gasteiger partial charge on any atom is -0.329 e. The summed E-state index contributed by atoms with van der Waals surface area (Å²) in [5, 5.41) is 6.21. The number of hydrogen-bond acceptors (Lipinski definition) is 4. The molecule has 0 atom stereocenters. The molecule has 6 nitrogen and oxygen atoms in total. The number of H-pyrrole nitrogens is 1. The van der Waals surface area contributed by atoms with E-state index in [1.807, 2.05) is 0 Å². The third-order valence-electron chi connectivity index (χ3n) is 3.84. The molecule has 1 saturated carbocycles. The van der Waals surface area contributed by atoms with Gasteiger partial charge in [-0.15, -0.1) is 0 Å². The van der Waals surface area contributed by atoms with Crippen LogP contribution in [0.3, 0.4) is 0 Å². The van der Waals surface area contributed by atoms with Crippen molar-refractivity contribution in [3.05, 3.63) is 12.4 Å². The molecular weight excluding hydrogens is 264 g/mol. The van der Waals surface area contributed by atoms with Gasteiger partial charge in [0.2, 0.25) is 10.0 Å². The lowest BCUT2D eigenvalue weighted by Crippen LogP contribution is -2.53. The van der Waals surface area contributed by atoms with E-state index < -0.39 is 15.6 Å². The van der Waals surface area contributed by atoms with Crippen LogP contribution in [-0.4, -0.2) is 30.7 Å². The minimum atomic E-state index is -3.54. The first-order valence-electron chi connectivity index (χ1n) is 6.81. The van der Waals surface area contributed by atoms with Crippen molar-refractivity contribution in [2.24, 2.45) is 5.73 Å². The summed E-state index contributed by atoms with van der Waals surface area (Å²) in [6, 6.07) is 0. The van der Waals surface area contributed by atoms with Crippen LogP contribution in [0.2, 0.25) is 0 Å². The molecule has 0 spiro atoms. The van der Waals surface area contributed by atoms with Crippen LogP contribution in [0.1, 0.15) is 44.9 Å². The molecule has 2 rings (SSSR count). The number of nitrogens with two attached hydrogens (primary N) is 1. The fourth-order valence-corrected chi connectivity index (χ4v) is 4.03. The topological polar surface area (TPSA) is 101 Å². The minimum absolute atomic E-state index is 0.169. The smallest absolute Gasteiger partial charge is 0.244 e. The van der Waals surface area contributed by atoms with Gasteiger partial charge in [-0.3, -0.25) is 5.10 Å². The lowest BCUT2D eigenvalue weighted by atomic mass is 9.85. The number of nitrogens with one attached hydrogen (secondary N) is 2. The Hall–Kier alpha value is -0.920. The Bertz CT molecular complexity index is 476. The molecule has 0 aromatic carbocycles. The number of nitrogens with zero attached hydrogens (tertiary/aromatic N) is 1. The van der Waals surface area contributed by atoms with Gasteiger partial charge >= 0.3 is 0 Å². The van der Waals surface area contributed by atoms with E-state index in [0.717, 1.165) is 38.5 Å². The molecule has 0 unspecified atom stereocenters. The molecule has 1 aliphatic rings. The zero-order chi connectivity index (χ0) is 13.8. The third kappa shape index (κ3) is 3.55. The molecule has 4 N–H and O–H groups in total. The number of sulfonamides is 1. The second kappa shape index (κ2) is 6.02. The molecule has 108 valence electrons. The first kappa shape index (κ1) is 14.5. The van der Waals surface area contributed by atoms with E-state index in [1.54, 1.807) is 0 Å². The molecule has 0 bridgehead atoms. The van der Waals surface area contributed by atoms with Crippen molar-refractivity contribution in [2.45, 2.75) is 55.4 Å². The van der Waals surface area contributed by atoms with Crippen molar-refractivity contribution >= 4 is 10.0 Å². The third-order valence-corrected chi connectivity index (χ3v) is 5.38. The van der Waals surface area contributed by atoms with E-state index in [4.69, 9.17) is 5.73 Å². The summed E-state index contributed by atoms with van der Waals surface area (Å²) in [7, 11) is -3.54. The highest BCUT2D eigenvalue weighted by Gasteiger charge is 2.34. The van der Waals surface area contributed by atoms with Crippen molar-refractivity contribution in [1.82, 2.24) is 14.9 Å². The molecule has 1 aromatic rings. The summed E-state index contributed by atoms with van der Waals surface area (Å²) in [5.74, 6) is 0. The van der Waals surface area contributed by atoms with E-state index >= 15 is 0 Å². The first-order chi connectivity index (χ1) is 9.08. The molecule has 1 fully saturated rings. The largest absolute Gasteiger partial charge is 0.329 e. The number of rotatable bonds is 4. The Morgan fingerprint density at radius 2 is 1.89 bits per heavy atom. The Morgan fingerprint density at radius 3 is 2.42 bits per heavy atom. The summed E-state index contributed by atoms with van der Waals surface area (Å²) in [5.41, 5.74) is 5.37. The number of hydrogen-bond donors (Lipinski definition) is 3. The molecular formula is C12H22N4O2S. The quantitative estimate of drug-likeness (QED) is 0.772. The highest BCUT2D eigenvalue weighted by Crippen LogP contribution is 2.27. The summed E-state index contributed by atoms with van der Waals surface area (Å²) < 4.78 is 27.4. The van der Waals surface area contributed by atoms with Gasteiger partial charge in [0.15, 0.2) is 0 Å². The maximum atomic E-state index is 12.3. The lowest BCUT2D eigenvalue weighted by molar-refractivity contribution is 0.296. The van der Waals surface area contributed by atoms with E-state index in [1.165, 1.54) is 18.8 Å². The van der Waals surface area contributed by atoms with Gasteiger partial charge in [0.1, 0.15) is 4.90 Å². The van der Waals surface area contributed by atoms with Crippen LogP contribution in [-0.2, 0) is 10.0 Å². The van der Waals surface area contributed by atoms with Gasteiger partial charge in [0.05, 0.1) is 6.20 Å². The summed E-state index contributed by atoms with van der Waals surface area (Å²) in [4.78, 5) is 0.169. The maximum absolute atomic E-state index is 12.3. The monoisotopic (exact) mass is 286 g/mol. The molecule has 0 aliphatic heterocycles. The van der Waals surface area contributed by atoms with Crippen LogP contribution in [0.15, 0.2) is 17.3 Å². The van der Waals surface area contributed by atoms with Crippen molar-refractivity contribution in [1.29, 1.82) is 0 Å². The van der Waals surface area contributed by atoms with Crippen LogP contribution >= 0.6 is 0 Å². The van der Waals surface area contributed by atoms with Crippen LogP contribution in [0.4, 0.5) is 0 Å². The van der Waals surface area contributed by atoms with Crippen LogP contribution in [0, 0.1) is 0 Å². The van der Waals surface area contributed by atoms with Gasteiger partial charge in [-0.1, -0.05) is 32.1 Å². The Labute approximate surface area is 114 Å². The maximum Gasteiger partial charge on any atom is 0.244 e. The second-order valence-electron chi connectivity index (χ2n) is 5.29. The first-order valence-corrected chi connectivity index (χ1v) is 8.29. The normalized spacial score (nSPS) is 20.7. The highest BCUT2D eigenvalue weighted by atomic mass is 32.2. The Morgan fingerprint density at radius 1 is 1.26 bits per heavy atom. The van der Waals surface area contributed by atoms with Crippen molar-refractivity contribution in [2.75, 3.05) is 6.54 Å². The fourth-order valence-electron chi connectivity index (χ4n) is 2.66. The molecule has 19 heavy (non-hydrogen) atoms. The number of aromatic amines is 1. The SMILES string of the molecule is NCC1(NS(=O)(=O)c2cn[nH]c2)CCCCCCC1. The average Bonchev–Trinajstić information content (AvgIpc) is 2.87. The van der Waals surface area contributed by atoms with Crippen LogP contribution < -0.4 is 10.5 Å². The van der Waals surface area contributed by atoms with Gasteiger partial charge < -0.3 is 5.73 Å². The molecule has 1 heterocycles. The Kier molecular flexibility index (Phi) is 4.59. The molecule has 0 amide bonds. The zero-order valence-electron chi connectivity index (χ0n) is 11.1. The van der Waals surface area contributed by atoms with Gasteiger partial charge in [0, 0.05) is 18.3 Å². The van der Waals surface area contributed by atoms with Crippen LogP contribution in [0.25, 0.3) is 0 Å². The fraction of sp³-hybridized carbons (Fsp3) is 0.750. The van der Waals surface area contributed by atoms with E-state index in [9.17, 15) is 8.42 Å². The number of aromatic nitrogens is 2. The van der Waals surface area contributed by atoms with E-state index in [2.05, 4.69) is 14.9 Å². The van der Waals surface area contributed by atoms with Crippen molar-refractivity contribution < 1.29 is 8.42 Å². The van der Waals surface area contributed by atoms with Gasteiger partial charge in [-0.2, -0.15) is 5.10 Å². The lowest BCUT2D eigenvalue weighted by Gasteiger charge is -2.34. The predicted molar refractivity (Wildman–Crippen MR) is 73.0 cm³/mol. The zero-order valence-corrected chi connectivity index (χ0v) is 11.9. The predicted octanol–water partition coefficient (Wildman–Crippen LogP) is 1.13. The summed E-state index contributed by atoms with van der Waals surface area (Å²) >= 11 is 0. The highest BCUT2D eigenvalue weighted by molar-refractivity contribution is 7.89. The Balaban J connectivity index is 2.17. The van der Waals surface area contributed by atoms with E-state index in [-0.39, 0.29) is 4.90 Å².